The van der Waals surface area contributed by atoms with Crippen LogP contribution in [0.5, 0.6) is 0 Å². The van der Waals surface area contributed by atoms with E-state index in [2.05, 4.69) is 44.5 Å². The second kappa shape index (κ2) is 7.33. The van der Waals surface area contributed by atoms with Gasteiger partial charge in [0.25, 0.3) is 0 Å². The highest BCUT2D eigenvalue weighted by atomic mass is 28.4. The molecule has 0 spiro atoms. The Morgan fingerprint density at radius 2 is 1.67 bits per heavy atom. The molecule has 0 N–H and O–H groups in total. The summed E-state index contributed by atoms with van der Waals surface area (Å²) in [6.07, 6.45) is 0.888. The van der Waals surface area contributed by atoms with E-state index in [1.807, 2.05) is 46.9 Å². The summed E-state index contributed by atoms with van der Waals surface area (Å²) < 4.78 is 21.0. The average molecular weight is 429 g/mol. The van der Waals surface area contributed by atoms with Crippen molar-refractivity contribution in [2.75, 3.05) is 0 Å². The molecule has 0 saturated carbocycles. The van der Waals surface area contributed by atoms with Gasteiger partial charge in [-0.15, -0.1) is 0 Å². The molecule has 2 aromatic rings. The van der Waals surface area contributed by atoms with Gasteiger partial charge in [0.1, 0.15) is 6.29 Å². The minimum atomic E-state index is -1.85. The third-order valence-corrected chi connectivity index (χ3v) is 11.8. The Labute approximate surface area is 182 Å². The fourth-order valence-corrected chi connectivity index (χ4v) is 4.30. The topological polar surface area (TPSA) is 49.7 Å². The SMILES string of the molecule is Cn1c(CO[Si](C)(C)C(C)(C)C)cc2cc(C=O)c(B3OC(C)(C)C(C)(C)O3)cc21. The number of rotatable bonds is 5. The number of nitrogens with zero attached hydrogens (tertiary/aromatic N) is 1. The highest BCUT2D eigenvalue weighted by Gasteiger charge is 2.52. The number of benzene rings is 1. The third-order valence-electron chi connectivity index (χ3n) is 7.37. The molecule has 30 heavy (non-hydrogen) atoms. The summed E-state index contributed by atoms with van der Waals surface area (Å²) in [6, 6.07) is 6.07. The molecule has 1 aromatic carbocycles. The number of hydrogen-bond donors (Lipinski definition) is 0. The predicted molar refractivity (Wildman–Crippen MR) is 126 cm³/mol. The Morgan fingerprint density at radius 3 is 2.17 bits per heavy atom. The molecule has 164 valence electrons. The van der Waals surface area contributed by atoms with Crippen LogP contribution in [0.2, 0.25) is 18.1 Å². The lowest BCUT2D eigenvalue weighted by molar-refractivity contribution is 0.00578. The molecule has 1 aliphatic rings. The summed E-state index contributed by atoms with van der Waals surface area (Å²) in [6.45, 7) is 19.9. The van der Waals surface area contributed by atoms with Gasteiger partial charge in [-0.05, 0) is 69.5 Å². The van der Waals surface area contributed by atoms with Crippen molar-refractivity contribution < 1.29 is 18.5 Å². The maximum atomic E-state index is 11.9. The molecule has 0 amide bonds. The Bertz CT molecular complexity index is 956. The molecule has 0 bridgehead atoms. The zero-order valence-corrected chi connectivity index (χ0v) is 21.2. The first-order valence-corrected chi connectivity index (χ1v) is 13.6. The van der Waals surface area contributed by atoms with Gasteiger partial charge in [-0.3, -0.25) is 4.79 Å². The number of carbonyl (C=O) groups is 1. The van der Waals surface area contributed by atoms with Crippen LogP contribution in [0.25, 0.3) is 10.9 Å². The number of aromatic nitrogens is 1. The number of aryl methyl sites for hydroxylation is 1. The summed E-state index contributed by atoms with van der Waals surface area (Å²) in [5, 5.41) is 1.18. The molecule has 0 atom stereocenters. The number of carbonyl (C=O) groups excluding carboxylic acids is 1. The molecule has 7 heteroatoms. The zero-order valence-electron chi connectivity index (χ0n) is 20.2. The van der Waals surface area contributed by atoms with Crippen molar-refractivity contribution in [1.82, 2.24) is 4.57 Å². The molecule has 1 aromatic heterocycles. The highest BCUT2D eigenvalue weighted by Crippen LogP contribution is 2.38. The molecule has 2 heterocycles. The van der Waals surface area contributed by atoms with Crippen LogP contribution in [0, 0.1) is 0 Å². The van der Waals surface area contributed by atoms with E-state index in [4.69, 9.17) is 13.7 Å². The van der Waals surface area contributed by atoms with Gasteiger partial charge in [0, 0.05) is 29.2 Å². The second-order valence-electron chi connectivity index (χ2n) is 11.0. The summed E-state index contributed by atoms with van der Waals surface area (Å²) >= 11 is 0. The van der Waals surface area contributed by atoms with Gasteiger partial charge in [0.2, 0.25) is 0 Å². The van der Waals surface area contributed by atoms with Crippen LogP contribution in [0.15, 0.2) is 18.2 Å². The minimum Gasteiger partial charge on any atom is -0.411 e. The van der Waals surface area contributed by atoms with Crippen molar-refractivity contribution in [3.05, 3.63) is 29.5 Å². The standard InChI is InChI=1S/C23H36BNO4Si/c1-21(2,3)30(9,10)27-15-18-12-16-11-17(14-26)19(13-20(16)25(18)8)24-28-22(4,5)23(6,7)29-24/h11-14H,15H2,1-10H3. The Hall–Kier alpha value is -1.41. The van der Waals surface area contributed by atoms with E-state index in [1.165, 1.54) is 0 Å². The first-order valence-electron chi connectivity index (χ1n) is 10.7. The van der Waals surface area contributed by atoms with Crippen LogP contribution in [0.4, 0.5) is 0 Å². The van der Waals surface area contributed by atoms with Crippen molar-refractivity contribution in [3.8, 4) is 0 Å². The molecule has 5 nitrogen and oxygen atoms in total. The van der Waals surface area contributed by atoms with Gasteiger partial charge in [0.15, 0.2) is 8.32 Å². The van der Waals surface area contributed by atoms with Crippen LogP contribution in [-0.4, -0.2) is 37.5 Å². The van der Waals surface area contributed by atoms with Gasteiger partial charge in [-0.25, -0.2) is 0 Å². The van der Waals surface area contributed by atoms with Crippen molar-refractivity contribution >= 4 is 38.1 Å². The van der Waals surface area contributed by atoms with E-state index in [0.717, 1.165) is 28.3 Å². The number of hydrogen-bond acceptors (Lipinski definition) is 4. The number of aldehydes is 1. The Kier molecular flexibility index (Phi) is 5.68. The fourth-order valence-electron chi connectivity index (χ4n) is 3.36. The maximum Gasteiger partial charge on any atom is 0.495 e. The van der Waals surface area contributed by atoms with Gasteiger partial charge >= 0.3 is 7.12 Å². The summed E-state index contributed by atoms with van der Waals surface area (Å²) in [5.74, 6) is 0. The summed E-state index contributed by atoms with van der Waals surface area (Å²) in [7, 11) is -0.376. The second-order valence-corrected chi connectivity index (χ2v) is 15.8. The quantitative estimate of drug-likeness (QED) is 0.506. The molecular weight excluding hydrogens is 393 g/mol. The summed E-state index contributed by atoms with van der Waals surface area (Å²) in [5.41, 5.74) is 2.60. The van der Waals surface area contributed by atoms with Gasteiger partial charge in [-0.1, -0.05) is 20.8 Å². The lowest BCUT2D eigenvalue weighted by Gasteiger charge is -2.36. The van der Waals surface area contributed by atoms with Gasteiger partial charge in [0.05, 0.1) is 17.8 Å². The minimum absolute atomic E-state index is 0.159. The van der Waals surface area contributed by atoms with Crippen LogP contribution in [0.3, 0.4) is 0 Å². The molecule has 0 radical (unpaired) electrons. The zero-order chi connectivity index (χ0) is 22.7. The molecule has 1 saturated heterocycles. The average Bonchev–Trinajstić information content (AvgIpc) is 3.03. The van der Waals surface area contributed by atoms with Crippen molar-refractivity contribution in [2.45, 2.75) is 84.4 Å². The maximum absolute atomic E-state index is 11.9. The van der Waals surface area contributed by atoms with E-state index < -0.39 is 26.6 Å². The summed E-state index contributed by atoms with van der Waals surface area (Å²) in [4.78, 5) is 11.9. The van der Waals surface area contributed by atoms with Crippen molar-refractivity contribution in [1.29, 1.82) is 0 Å². The van der Waals surface area contributed by atoms with E-state index >= 15 is 0 Å². The number of fused-ring (bicyclic) bond motifs is 1. The van der Waals surface area contributed by atoms with E-state index in [0.29, 0.717) is 12.2 Å². The lowest BCUT2D eigenvalue weighted by Crippen LogP contribution is -2.41. The van der Waals surface area contributed by atoms with Gasteiger partial charge in [-0.2, -0.15) is 0 Å². The first-order chi connectivity index (χ1) is 13.6. The van der Waals surface area contributed by atoms with Crippen LogP contribution >= 0.6 is 0 Å². The fraction of sp³-hybridized carbons (Fsp3) is 0.609. The van der Waals surface area contributed by atoms with E-state index in [-0.39, 0.29) is 5.04 Å². The molecule has 1 aliphatic heterocycles. The van der Waals surface area contributed by atoms with Crippen LogP contribution < -0.4 is 5.46 Å². The van der Waals surface area contributed by atoms with E-state index in [9.17, 15) is 4.79 Å². The smallest absolute Gasteiger partial charge is 0.411 e. The van der Waals surface area contributed by atoms with Crippen molar-refractivity contribution in [3.63, 3.8) is 0 Å². The lowest BCUT2D eigenvalue weighted by atomic mass is 9.75. The molecular formula is C23H36BNO4Si. The first kappa shape index (κ1) is 23.3. The highest BCUT2D eigenvalue weighted by molar-refractivity contribution is 6.74. The van der Waals surface area contributed by atoms with Crippen LogP contribution in [-0.2, 0) is 27.4 Å². The van der Waals surface area contributed by atoms with E-state index in [1.54, 1.807) is 0 Å². The molecule has 0 aliphatic carbocycles. The predicted octanol–water partition coefficient (Wildman–Crippen LogP) is 4.81. The monoisotopic (exact) mass is 429 g/mol. The van der Waals surface area contributed by atoms with Gasteiger partial charge < -0.3 is 18.3 Å². The molecule has 0 unspecified atom stereocenters. The third kappa shape index (κ3) is 3.93. The Morgan fingerprint density at radius 1 is 1.10 bits per heavy atom. The Balaban J connectivity index is 1.97. The normalized spacial score (nSPS) is 18.9. The molecule has 3 rings (SSSR count). The molecule has 1 fully saturated rings. The largest absolute Gasteiger partial charge is 0.495 e. The van der Waals surface area contributed by atoms with Crippen LogP contribution in [0.1, 0.15) is 64.5 Å². The van der Waals surface area contributed by atoms with Crippen molar-refractivity contribution in [2.24, 2.45) is 7.05 Å².